The molecule has 0 aromatic heterocycles. The molecule has 0 aliphatic carbocycles. The van der Waals surface area contributed by atoms with Crippen LogP contribution in [0.5, 0.6) is 0 Å². The van der Waals surface area contributed by atoms with E-state index in [-0.39, 0.29) is 5.91 Å². The topological polar surface area (TPSA) is 26.3 Å². The Morgan fingerprint density at radius 2 is 1.94 bits per heavy atom. The Bertz CT molecular complexity index is 338. The van der Waals surface area contributed by atoms with Gasteiger partial charge in [-0.2, -0.15) is 0 Å². The van der Waals surface area contributed by atoms with E-state index >= 15 is 0 Å². The van der Waals surface area contributed by atoms with Crippen LogP contribution in [0, 0.1) is 0 Å². The maximum Gasteiger partial charge on any atom is 0.345 e. The molecule has 0 radical (unpaired) electrons. The molecule has 1 amide bonds. The van der Waals surface area contributed by atoms with Crippen molar-refractivity contribution in [3.8, 4) is 0 Å². The lowest BCUT2D eigenvalue weighted by molar-refractivity contribution is -0.796. The normalized spacial score (nSPS) is 12.2. The van der Waals surface area contributed by atoms with E-state index in [1.54, 1.807) is 0 Å². The Morgan fingerprint density at radius 3 is 2.50 bits per heavy atom. The Balaban J connectivity index is 2.65. The smallest absolute Gasteiger partial charge is 0.345 e. The highest BCUT2D eigenvalue weighted by Gasteiger charge is 2.27. The van der Waals surface area contributed by atoms with Crippen molar-refractivity contribution in [1.82, 2.24) is 0 Å². The summed E-state index contributed by atoms with van der Waals surface area (Å²) in [7, 11) is 3.30. The van der Waals surface area contributed by atoms with Crippen molar-refractivity contribution in [3.05, 3.63) is 35.9 Å². The molecule has 88 valence electrons. The van der Waals surface area contributed by atoms with Crippen LogP contribution in [0.1, 0.15) is 17.3 Å². The van der Waals surface area contributed by atoms with Crippen molar-refractivity contribution >= 4 is 15.7 Å². The molecule has 0 bridgehead atoms. The molecule has 0 heterocycles. The Morgan fingerprint density at radius 1 is 1.31 bits per heavy atom. The maximum atomic E-state index is 12.2. The summed E-state index contributed by atoms with van der Waals surface area (Å²) in [5.41, 5.74) is 0.776. The Kier molecular flexibility index (Phi) is 4.86. The first-order valence-corrected chi connectivity index (χ1v) is 7.16. The summed E-state index contributed by atoms with van der Waals surface area (Å²) < 4.78 is 5.81. The zero-order valence-corrected chi connectivity index (χ0v) is 11.7. The van der Waals surface area contributed by atoms with Crippen LogP contribution < -0.4 is 0 Å². The number of amides is 1. The second-order valence-electron chi connectivity index (χ2n) is 4.28. The average molecular weight is 238 g/mol. The van der Waals surface area contributed by atoms with E-state index < -0.39 is 9.76 Å². The van der Waals surface area contributed by atoms with Crippen LogP contribution >= 0.6 is 0 Å². The zero-order chi connectivity index (χ0) is 12.0. The van der Waals surface area contributed by atoms with Crippen molar-refractivity contribution in [2.75, 3.05) is 26.9 Å². The van der Waals surface area contributed by atoms with Crippen LogP contribution in [0.4, 0.5) is 0 Å². The predicted octanol–water partition coefficient (Wildman–Crippen LogP) is 0.981. The molecule has 3 nitrogen and oxygen atoms in total. The van der Waals surface area contributed by atoms with Gasteiger partial charge < -0.3 is 4.43 Å². The standard InChI is InChI=1S/C12H20NO2Si/c1-4-15-16-10-13(2,3)12(14)11-8-6-5-7-9-11/h5-9H,4,10,16H2,1-3H3/q+1. The van der Waals surface area contributed by atoms with Gasteiger partial charge in [-0.15, -0.1) is 0 Å². The molecule has 0 N–H and O–H groups in total. The quantitative estimate of drug-likeness (QED) is 0.434. The van der Waals surface area contributed by atoms with Gasteiger partial charge in [0.15, 0.2) is 0 Å². The fourth-order valence-corrected chi connectivity index (χ4v) is 2.55. The minimum atomic E-state index is -0.589. The van der Waals surface area contributed by atoms with Gasteiger partial charge in [0.2, 0.25) is 9.76 Å². The van der Waals surface area contributed by atoms with Crippen LogP contribution in [0.3, 0.4) is 0 Å². The van der Waals surface area contributed by atoms with Gasteiger partial charge in [0.1, 0.15) is 0 Å². The lowest BCUT2D eigenvalue weighted by Crippen LogP contribution is -2.48. The summed E-state index contributed by atoms with van der Waals surface area (Å²) in [5.74, 6) is 0.160. The summed E-state index contributed by atoms with van der Waals surface area (Å²) >= 11 is 0. The summed E-state index contributed by atoms with van der Waals surface area (Å²) in [6.45, 7) is 2.75. The van der Waals surface area contributed by atoms with Crippen LogP contribution in [0.25, 0.3) is 0 Å². The molecule has 0 aliphatic rings. The molecule has 0 saturated carbocycles. The van der Waals surface area contributed by atoms with Crippen molar-refractivity contribution in [2.45, 2.75) is 6.92 Å². The third-order valence-electron chi connectivity index (χ3n) is 2.57. The number of hydrogen-bond acceptors (Lipinski definition) is 2. The van der Waals surface area contributed by atoms with Gasteiger partial charge >= 0.3 is 5.91 Å². The van der Waals surface area contributed by atoms with E-state index in [9.17, 15) is 4.79 Å². The van der Waals surface area contributed by atoms with Crippen LogP contribution in [-0.4, -0.2) is 47.0 Å². The van der Waals surface area contributed by atoms with Crippen molar-refractivity contribution in [1.29, 1.82) is 0 Å². The first-order valence-electron chi connectivity index (χ1n) is 5.58. The van der Waals surface area contributed by atoms with Gasteiger partial charge in [-0.3, -0.25) is 4.48 Å². The lowest BCUT2D eigenvalue weighted by Gasteiger charge is -2.26. The maximum absolute atomic E-state index is 12.2. The Labute approximate surface area is 99.6 Å². The lowest BCUT2D eigenvalue weighted by atomic mass is 10.2. The minimum absolute atomic E-state index is 0.160. The highest BCUT2D eigenvalue weighted by atomic mass is 28.2. The summed E-state index contributed by atoms with van der Waals surface area (Å²) in [5, 5.41) is 0. The Hall–Kier alpha value is -0.973. The van der Waals surface area contributed by atoms with Gasteiger partial charge in [-0.1, -0.05) is 18.2 Å². The van der Waals surface area contributed by atoms with Gasteiger partial charge in [-0.05, 0) is 19.1 Å². The molecule has 0 spiro atoms. The molecule has 0 unspecified atom stereocenters. The van der Waals surface area contributed by atoms with Crippen molar-refractivity contribution in [2.24, 2.45) is 0 Å². The van der Waals surface area contributed by atoms with Gasteiger partial charge in [0, 0.05) is 6.61 Å². The highest BCUT2D eigenvalue weighted by molar-refractivity contribution is 6.27. The monoisotopic (exact) mass is 238 g/mol. The van der Waals surface area contributed by atoms with Crippen molar-refractivity contribution < 1.29 is 13.7 Å². The van der Waals surface area contributed by atoms with Crippen LogP contribution in [0.15, 0.2) is 30.3 Å². The number of benzene rings is 1. The molecule has 1 aromatic rings. The SMILES string of the molecule is CCO[SiH2]C[N+](C)(C)C(=O)c1ccccc1. The molecule has 0 aliphatic heterocycles. The largest absolute Gasteiger partial charge is 0.418 e. The molecule has 0 fully saturated rings. The average Bonchev–Trinajstić information content (AvgIpc) is 2.29. The number of hydrogen-bond donors (Lipinski definition) is 0. The molecule has 0 atom stereocenters. The molecular formula is C12H20NO2Si+. The number of quaternary nitrogens is 1. The van der Waals surface area contributed by atoms with Crippen LogP contribution in [0.2, 0.25) is 0 Å². The molecule has 16 heavy (non-hydrogen) atoms. The van der Waals surface area contributed by atoms with Gasteiger partial charge in [0.05, 0.1) is 25.8 Å². The zero-order valence-electron chi connectivity index (χ0n) is 10.3. The third-order valence-corrected chi connectivity index (χ3v) is 4.57. The first kappa shape index (κ1) is 13.1. The van der Waals surface area contributed by atoms with E-state index in [2.05, 4.69) is 0 Å². The number of rotatable bonds is 5. The second kappa shape index (κ2) is 5.93. The fraction of sp³-hybridized carbons (Fsp3) is 0.417. The fourth-order valence-electron chi connectivity index (χ4n) is 1.47. The molecule has 0 saturated heterocycles. The van der Waals surface area contributed by atoms with Crippen molar-refractivity contribution in [3.63, 3.8) is 0 Å². The predicted molar refractivity (Wildman–Crippen MR) is 67.9 cm³/mol. The van der Waals surface area contributed by atoms with E-state index in [1.807, 2.05) is 51.4 Å². The summed E-state index contributed by atoms with van der Waals surface area (Å²) in [6.07, 6.45) is 0.835. The highest BCUT2D eigenvalue weighted by Crippen LogP contribution is 2.08. The molecule has 1 rings (SSSR count). The summed E-state index contributed by atoms with van der Waals surface area (Å²) in [4.78, 5) is 12.2. The second-order valence-corrected chi connectivity index (χ2v) is 5.54. The van der Waals surface area contributed by atoms with Gasteiger partial charge in [-0.25, -0.2) is 4.79 Å². The third kappa shape index (κ3) is 3.55. The summed E-state index contributed by atoms with van der Waals surface area (Å²) in [6, 6.07) is 9.45. The molecule has 1 aromatic carbocycles. The van der Waals surface area contributed by atoms with E-state index in [0.29, 0.717) is 4.48 Å². The molecular weight excluding hydrogens is 218 g/mol. The number of carbonyl (C=O) groups excluding carboxylic acids is 1. The van der Waals surface area contributed by atoms with E-state index in [1.165, 1.54) is 0 Å². The van der Waals surface area contributed by atoms with E-state index in [0.717, 1.165) is 18.3 Å². The van der Waals surface area contributed by atoms with Gasteiger partial charge in [0.25, 0.3) is 0 Å². The number of carbonyl (C=O) groups is 1. The number of nitrogens with zero attached hydrogens (tertiary/aromatic N) is 1. The van der Waals surface area contributed by atoms with Crippen LogP contribution in [-0.2, 0) is 4.43 Å². The van der Waals surface area contributed by atoms with E-state index in [4.69, 9.17) is 4.43 Å². The minimum Gasteiger partial charge on any atom is -0.418 e. The molecule has 4 heteroatoms. The first-order chi connectivity index (χ1) is 7.58.